The Bertz CT molecular complexity index is 2860. The highest BCUT2D eigenvalue weighted by molar-refractivity contribution is 8.00. The molecule has 2 amide bonds. The zero-order valence-corrected chi connectivity index (χ0v) is 39.6. The van der Waals surface area contributed by atoms with Gasteiger partial charge in [-0.05, 0) is 103 Å². The van der Waals surface area contributed by atoms with Gasteiger partial charge in [0.05, 0.1) is 21.6 Å². The first-order chi connectivity index (χ1) is 31.4. The maximum absolute atomic E-state index is 14.0. The Kier molecular flexibility index (Phi) is 13.7. The Labute approximate surface area is 390 Å². The van der Waals surface area contributed by atoms with Gasteiger partial charge in [-0.1, -0.05) is 43.2 Å². The number of halogens is 1. The van der Waals surface area contributed by atoms with Crippen LogP contribution in [0.5, 0.6) is 11.5 Å². The molecule has 66 heavy (non-hydrogen) atoms. The molecule has 4 N–H and O–H groups in total. The van der Waals surface area contributed by atoms with Crippen LogP contribution >= 0.6 is 11.6 Å². The number of sulfonamides is 1. The standard InChI is InChI=1S/C47H55ClN8O8S2/c1-31(57)52-65(61)22-14-32(15-23-65)28-50-42-11-9-39(26-43(42)56(59)60)66(62,63)53-46(58)40-10-8-37(25-44(40)64-38-24-34-13-17-49-45(34)51-29-38)55-20-18-54(19-21-55)30-35-12-16-47(2,3)27-41(35)33-4-6-36(48)7-5-33/h4-11,13,17,24-26,29,32,50,65H,12,14-16,18-23,27-28,30H2,1-3H3,(H,49,51)(H,53,58)(H,52,57,61). The van der Waals surface area contributed by atoms with E-state index in [4.69, 9.17) is 16.3 Å². The van der Waals surface area contributed by atoms with Gasteiger partial charge >= 0.3 is 0 Å². The number of carbonyl (C=O) groups excluding carboxylic acids is 2. The number of amides is 2. The molecular weight excluding hydrogens is 904 g/mol. The minimum atomic E-state index is -4.62. The topological polar surface area (TPSA) is 212 Å². The van der Waals surface area contributed by atoms with E-state index >= 15 is 0 Å². The van der Waals surface area contributed by atoms with Gasteiger partial charge in [0.15, 0.2) is 0 Å². The van der Waals surface area contributed by atoms with Gasteiger partial charge in [-0.25, -0.2) is 18.1 Å². The van der Waals surface area contributed by atoms with Crippen molar-refractivity contribution < 1.29 is 32.2 Å². The van der Waals surface area contributed by atoms with Gasteiger partial charge < -0.3 is 24.5 Å². The third-order valence-electron chi connectivity index (χ3n) is 12.7. The Morgan fingerprint density at radius 2 is 1.79 bits per heavy atom. The van der Waals surface area contributed by atoms with Gasteiger partial charge in [-0.3, -0.25) is 24.6 Å². The van der Waals surface area contributed by atoms with Crippen molar-refractivity contribution in [1.82, 2.24) is 19.6 Å². The molecule has 19 heteroatoms. The number of allylic oxidation sites excluding steroid dienone is 1. The molecule has 3 aliphatic rings. The van der Waals surface area contributed by atoms with E-state index in [0.717, 1.165) is 61.1 Å². The number of nitrogens with zero attached hydrogens (tertiary/aromatic N) is 5. The molecular formula is C47H55ClN8O8S2. The summed E-state index contributed by atoms with van der Waals surface area (Å²) in [6.45, 7) is 10.2. The Morgan fingerprint density at radius 3 is 2.50 bits per heavy atom. The summed E-state index contributed by atoms with van der Waals surface area (Å²) in [5.41, 5.74) is 5.27. The lowest BCUT2D eigenvalue weighted by atomic mass is 9.72. The fraction of sp³-hybridized carbons (Fsp3) is 0.383. The van der Waals surface area contributed by atoms with Crippen molar-refractivity contribution in [2.24, 2.45) is 15.7 Å². The van der Waals surface area contributed by atoms with Crippen molar-refractivity contribution >= 4 is 77.2 Å². The number of nitro benzene ring substituents is 1. The summed E-state index contributed by atoms with van der Waals surface area (Å²) in [4.78, 5) is 48.6. The molecule has 350 valence electrons. The number of nitro groups is 1. The predicted octanol–water partition coefficient (Wildman–Crippen LogP) is 8.73. The van der Waals surface area contributed by atoms with Crippen molar-refractivity contribution in [2.75, 3.05) is 61.0 Å². The minimum Gasteiger partial charge on any atom is -0.455 e. The van der Waals surface area contributed by atoms with E-state index in [9.17, 15) is 32.7 Å². The van der Waals surface area contributed by atoms with Crippen LogP contribution in [-0.4, -0.2) is 95.4 Å². The number of nitrogens with one attached hydrogen (secondary N) is 3. The average molecular weight is 960 g/mol. The van der Waals surface area contributed by atoms with Crippen molar-refractivity contribution in [3.63, 3.8) is 0 Å². The van der Waals surface area contributed by atoms with E-state index in [1.54, 1.807) is 24.4 Å². The Hall–Kier alpha value is -5.66. The van der Waals surface area contributed by atoms with Crippen LogP contribution in [0.4, 0.5) is 17.1 Å². The van der Waals surface area contributed by atoms with Gasteiger partial charge in [-0.2, -0.15) is 4.36 Å². The number of thiol groups is 1. The molecule has 8 rings (SSSR count). The van der Waals surface area contributed by atoms with E-state index in [1.807, 2.05) is 18.2 Å². The van der Waals surface area contributed by atoms with Crippen molar-refractivity contribution in [1.29, 1.82) is 0 Å². The van der Waals surface area contributed by atoms with Crippen LogP contribution < -0.4 is 19.7 Å². The van der Waals surface area contributed by atoms with Crippen LogP contribution in [0.1, 0.15) is 68.8 Å². The van der Waals surface area contributed by atoms with Crippen molar-refractivity contribution in [3.8, 4) is 11.5 Å². The highest BCUT2D eigenvalue weighted by Crippen LogP contribution is 2.43. The average Bonchev–Trinajstić information content (AvgIpc) is 3.75. The molecule has 2 aliphatic heterocycles. The molecule has 3 aromatic carbocycles. The quantitative estimate of drug-likeness (QED) is 0.0426. The van der Waals surface area contributed by atoms with E-state index < -0.39 is 47.4 Å². The van der Waals surface area contributed by atoms with Crippen LogP contribution in [0.25, 0.3) is 16.6 Å². The number of carbonyl (C=O) groups is 2. The van der Waals surface area contributed by atoms with E-state index in [2.05, 4.69) is 60.1 Å². The monoisotopic (exact) mass is 958 g/mol. The number of hydrogen-bond donors (Lipinski definition) is 5. The number of piperazine rings is 1. The summed E-state index contributed by atoms with van der Waals surface area (Å²) in [6, 6.07) is 20.2. The van der Waals surface area contributed by atoms with Gasteiger partial charge in [0.2, 0.25) is 5.91 Å². The Morgan fingerprint density at radius 1 is 1.05 bits per heavy atom. The van der Waals surface area contributed by atoms with Crippen molar-refractivity contribution in [2.45, 2.75) is 57.8 Å². The highest BCUT2D eigenvalue weighted by Gasteiger charge is 2.31. The SMILES string of the molecule is CC(=O)N=[SH]1(O)CCC(CNc2ccc(S(=O)(=O)NC(=O)c3ccc(N4CCN(CC5=C(c6ccc(Cl)cc6)CC(C)(C)CC5)CC4)cc3Oc3cnc4[nH]ccc4c3)cc2[N+](=O)[O-])CC1. The highest BCUT2D eigenvalue weighted by atomic mass is 35.5. The summed E-state index contributed by atoms with van der Waals surface area (Å²) in [5.74, 6) is -0.142. The lowest BCUT2D eigenvalue weighted by Gasteiger charge is -2.39. The lowest BCUT2D eigenvalue weighted by Crippen LogP contribution is -2.47. The molecule has 0 saturated carbocycles. The fourth-order valence-electron chi connectivity index (χ4n) is 9.05. The molecule has 0 unspecified atom stereocenters. The number of anilines is 2. The summed E-state index contributed by atoms with van der Waals surface area (Å²) < 4.78 is 50.6. The lowest BCUT2D eigenvalue weighted by molar-refractivity contribution is -0.384. The summed E-state index contributed by atoms with van der Waals surface area (Å²) in [5, 5.41) is 16.8. The number of benzene rings is 3. The number of fused-ring (bicyclic) bond motifs is 1. The van der Waals surface area contributed by atoms with E-state index in [0.29, 0.717) is 55.4 Å². The van der Waals surface area contributed by atoms with Crippen molar-refractivity contribution in [3.05, 3.63) is 117 Å². The minimum absolute atomic E-state index is 0.0508. The number of aromatic amines is 1. The largest absolute Gasteiger partial charge is 0.455 e. The van der Waals surface area contributed by atoms with Crippen LogP contribution in [0.2, 0.25) is 5.02 Å². The summed E-state index contributed by atoms with van der Waals surface area (Å²) in [6.07, 6.45) is 7.57. The van der Waals surface area contributed by atoms with Gasteiger partial charge in [0, 0.05) is 92.1 Å². The molecule has 0 spiro atoms. The molecule has 0 bridgehead atoms. The maximum Gasteiger partial charge on any atom is 0.293 e. The molecule has 2 saturated heterocycles. The van der Waals surface area contributed by atoms with Gasteiger partial charge in [-0.15, -0.1) is 10.1 Å². The van der Waals surface area contributed by atoms with Gasteiger partial charge in [0.1, 0.15) is 22.8 Å². The third-order valence-corrected chi connectivity index (χ3v) is 16.9. The van der Waals surface area contributed by atoms with Crippen LogP contribution in [-0.2, 0) is 24.9 Å². The fourth-order valence-corrected chi connectivity index (χ4v) is 12.7. The first-order valence-corrected chi connectivity index (χ1v) is 26.0. The molecule has 16 nitrogen and oxygen atoms in total. The summed E-state index contributed by atoms with van der Waals surface area (Å²) >= 11 is 6.24. The number of pyridine rings is 1. The number of hydrogen-bond acceptors (Lipinski definition) is 11. The van der Waals surface area contributed by atoms with Crippen LogP contribution in [0.3, 0.4) is 0 Å². The zero-order valence-electron chi connectivity index (χ0n) is 37.1. The molecule has 0 atom stereocenters. The third kappa shape index (κ3) is 11.1. The van der Waals surface area contributed by atoms with Crippen LogP contribution in [0.15, 0.2) is 100 Å². The number of aromatic nitrogens is 2. The zero-order chi connectivity index (χ0) is 46.8. The second-order valence-corrected chi connectivity index (χ2v) is 23.2. The molecule has 2 fully saturated rings. The number of rotatable bonds is 13. The molecule has 0 radical (unpaired) electrons. The first kappa shape index (κ1) is 46.9. The molecule has 4 heterocycles. The molecule has 1 aliphatic carbocycles. The Balaban J connectivity index is 0.981. The number of H-pyrrole nitrogens is 1. The maximum atomic E-state index is 14.0. The van der Waals surface area contributed by atoms with E-state index in [1.165, 1.54) is 48.0 Å². The second-order valence-electron chi connectivity index (χ2n) is 18.2. The second kappa shape index (κ2) is 19.3. The number of ether oxygens (including phenoxy) is 1. The normalized spacial score (nSPS) is 19.2. The molecule has 2 aromatic heterocycles. The predicted molar refractivity (Wildman–Crippen MR) is 260 cm³/mol. The van der Waals surface area contributed by atoms with E-state index in [-0.39, 0.29) is 28.3 Å². The first-order valence-electron chi connectivity index (χ1n) is 22.0. The van der Waals surface area contributed by atoms with Crippen LogP contribution in [0, 0.1) is 21.4 Å². The van der Waals surface area contributed by atoms with Gasteiger partial charge in [0.25, 0.3) is 21.6 Å². The molecule has 5 aromatic rings. The smallest absolute Gasteiger partial charge is 0.293 e. The summed E-state index contributed by atoms with van der Waals surface area (Å²) in [7, 11) is -7.30.